The van der Waals surface area contributed by atoms with Crippen LogP contribution in [0.5, 0.6) is 0 Å². The Labute approximate surface area is 119 Å². The van der Waals surface area contributed by atoms with Crippen LogP contribution in [0.4, 0.5) is 5.69 Å². The fraction of sp³-hybridized carbons (Fsp3) is 0.235. The molecule has 3 nitrogen and oxygen atoms in total. The van der Waals surface area contributed by atoms with E-state index in [4.69, 9.17) is 0 Å². The molecule has 2 aromatic carbocycles. The van der Waals surface area contributed by atoms with E-state index in [9.17, 15) is 9.90 Å². The van der Waals surface area contributed by atoms with Crippen LogP contribution in [0.1, 0.15) is 40.9 Å². The first-order chi connectivity index (χ1) is 9.61. The van der Waals surface area contributed by atoms with Crippen LogP contribution in [0, 0.1) is 6.92 Å². The predicted octanol–water partition coefficient (Wildman–Crippen LogP) is 4.26. The summed E-state index contributed by atoms with van der Waals surface area (Å²) in [6.45, 7) is 4.04. The Balaban J connectivity index is 2.32. The first-order valence-electron chi connectivity index (χ1n) is 6.77. The van der Waals surface area contributed by atoms with Crippen LogP contribution in [0.25, 0.3) is 0 Å². The summed E-state index contributed by atoms with van der Waals surface area (Å²) in [5.41, 5.74) is 3.19. The fourth-order valence-electron chi connectivity index (χ4n) is 2.26. The van der Waals surface area contributed by atoms with Crippen molar-refractivity contribution in [3.63, 3.8) is 0 Å². The minimum atomic E-state index is -0.907. The number of carboxylic acid groups (broad SMARTS) is 1. The maximum absolute atomic E-state index is 11.3. The molecule has 20 heavy (non-hydrogen) atoms. The maximum Gasteiger partial charge on any atom is 0.337 e. The zero-order valence-electron chi connectivity index (χ0n) is 11.8. The van der Waals surface area contributed by atoms with E-state index >= 15 is 0 Å². The van der Waals surface area contributed by atoms with Gasteiger partial charge in [0.25, 0.3) is 0 Å². The number of rotatable bonds is 5. The number of hydrogen-bond acceptors (Lipinski definition) is 2. The third-order valence-corrected chi connectivity index (χ3v) is 3.35. The van der Waals surface area contributed by atoms with E-state index in [1.807, 2.05) is 37.3 Å². The van der Waals surface area contributed by atoms with Gasteiger partial charge in [0, 0.05) is 5.69 Å². The van der Waals surface area contributed by atoms with Crippen molar-refractivity contribution in [1.29, 1.82) is 0 Å². The third-order valence-electron chi connectivity index (χ3n) is 3.35. The molecule has 0 aliphatic heterocycles. The molecule has 1 unspecified atom stereocenters. The lowest BCUT2D eigenvalue weighted by Gasteiger charge is -2.20. The first kappa shape index (κ1) is 14.1. The minimum Gasteiger partial charge on any atom is -0.478 e. The minimum absolute atomic E-state index is 0.107. The van der Waals surface area contributed by atoms with Crippen molar-refractivity contribution >= 4 is 11.7 Å². The molecule has 2 N–H and O–H groups in total. The van der Waals surface area contributed by atoms with Crippen molar-refractivity contribution < 1.29 is 9.90 Å². The van der Waals surface area contributed by atoms with Gasteiger partial charge in [-0.15, -0.1) is 0 Å². The van der Waals surface area contributed by atoms with Gasteiger partial charge < -0.3 is 10.4 Å². The zero-order valence-corrected chi connectivity index (χ0v) is 11.8. The molecule has 0 spiro atoms. The van der Waals surface area contributed by atoms with Gasteiger partial charge in [-0.2, -0.15) is 0 Å². The summed E-state index contributed by atoms with van der Waals surface area (Å²) in [6, 6.07) is 15.5. The van der Waals surface area contributed by atoms with Crippen molar-refractivity contribution in [3.8, 4) is 0 Å². The highest BCUT2D eigenvalue weighted by molar-refractivity contribution is 5.94. The van der Waals surface area contributed by atoms with Crippen molar-refractivity contribution in [2.24, 2.45) is 0 Å². The van der Waals surface area contributed by atoms with Crippen LogP contribution in [0.3, 0.4) is 0 Å². The molecule has 0 bridgehead atoms. The highest BCUT2D eigenvalue weighted by Crippen LogP contribution is 2.26. The van der Waals surface area contributed by atoms with E-state index in [1.165, 1.54) is 0 Å². The molecule has 0 saturated heterocycles. The topological polar surface area (TPSA) is 49.3 Å². The first-order valence-corrected chi connectivity index (χ1v) is 6.77. The number of benzene rings is 2. The zero-order chi connectivity index (χ0) is 14.5. The molecule has 0 amide bonds. The molecular weight excluding hydrogens is 250 g/mol. The van der Waals surface area contributed by atoms with Gasteiger partial charge in [0.2, 0.25) is 0 Å². The molecule has 0 radical (unpaired) electrons. The molecule has 3 heteroatoms. The SMILES string of the molecule is CCC(Nc1cc(C)ccc1C(=O)O)c1ccccc1. The van der Waals surface area contributed by atoms with Gasteiger partial charge >= 0.3 is 5.97 Å². The number of hydrogen-bond donors (Lipinski definition) is 2. The molecule has 2 aromatic rings. The van der Waals surface area contributed by atoms with E-state index < -0.39 is 5.97 Å². The highest BCUT2D eigenvalue weighted by atomic mass is 16.4. The Morgan fingerprint density at radius 3 is 2.50 bits per heavy atom. The second-order valence-corrected chi connectivity index (χ2v) is 4.87. The van der Waals surface area contributed by atoms with E-state index in [0.29, 0.717) is 11.3 Å². The lowest BCUT2D eigenvalue weighted by molar-refractivity contribution is 0.0698. The maximum atomic E-state index is 11.3. The van der Waals surface area contributed by atoms with Gasteiger partial charge in [-0.25, -0.2) is 4.79 Å². The number of nitrogens with one attached hydrogen (secondary N) is 1. The van der Waals surface area contributed by atoms with Gasteiger partial charge in [0.15, 0.2) is 0 Å². The summed E-state index contributed by atoms with van der Waals surface area (Å²) >= 11 is 0. The molecule has 104 valence electrons. The summed E-state index contributed by atoms with van der Waals surface area (Å²) in [6.07, 6.45) is 0.886. The molecule has 0 heterocycles. The number of aromatic carboxylic acids is 1. The van der Waals surface area contributed by atoms with Gasteiger partial charge in [-0.1, -0.05) is 43.3 Å². The Morgan fingerprint density at radius 2 is 1.90 bits per heavy atom. The third kappa shape index (κ3) is 3.18. The number of carbonyl (C=O) groups is 1. The largest absolute Gasteiger partial charge is 0.478 e. The van der Waals surface area contributed by atoms with Gasteiger partial charge in [0.1, 0.15) is 0 Å². The van der Waals surface area contributed by atoms with Crippen LogP contribution >= 0.6 is 0 Å². The van der Waals surface area contributed by atoms with E-state index in [2.05, 4.69) is 24.4 Å². The summed E-state index contributed by atoms with van der Waals surface area (Å²) in [4.78, 5) is 11.3. The Morgan fingerprint density at radius 1 is 1.20 bits per heavy atom. The molecule has 2 rings (SSSR count). The van der Waals surface area contributed by atoms with E-state index in [1.54, 1.807) is 6.07 Å². The number of carboxylic acids is 1. The molecular formula is C17H19NO2. The van der Waals surface area contributed by atoms with E-state index in [0.717, 1.165) is 17.5 Å². The van der Waals surface area contributed by atoms with Crippen LogP contribution in [0.2, 0.25) is 0 Å². The lowest BCUT2D eigenvalue weighted by Crippen LogP contribution is -2.13. The Bertz CT molecular complexity index is 593. The van der Waals surface area contributed by atoms with Gasteiger partial charge in [-0.05, 0) is 36.6 Å². The second-order valence-electron chi connectivity index (χ2n) is 4.87. The van der Waals surface area contributed by atoms with E-state index in [-0.39, 0.29) is 6.04 Å². The van der Waals surface area contributed by atoms with Crippen molar-refractivity contribution in [1.82, 2.24) is 0 Å². The highest BCUT2D eigenvalue weighted by Gasteiger charge is 2.14. The molecule has 0 aromatic heterocycles. The monoisotopic (exact) mass is 269 g/mol. The lowest BCUT2D eigenvalue weighted by atomic mass is 10.0. The van der Waals surface area contributed by atoms with Crippen LogP contribution in [-0.4, -0.2) is 11.1 Å². The molecule has 0 fully saturated rings. The van der Waals surface area contributed by atoms with Gasteiger partial charge in [-0.3, -0.25) is 0 Å². The fourth-order valence-corrected chi connectivity index (χ4v) is 2.26. The predicted molar refractivity (Wildman–Crippen MR) is 81.2 cm³/mol. The number of anilines is 1. The second kappa shape index (κ2) is 6.24. The summed E-state index contributed by atoms with van der Waals surface area (Å²) in [5, 5.41) is 12.6. The molecule has 0 saturated carbocycles. The van der Waals surface area contributed by atoms with Crippen molar-refractivity contribution in [2.45, 2.75) is 26.3 Å². The standard InChI is InChI=1S/C17H19NO2/c1-3-15(13-7-5-4-6-8-13)18-16-11-12(2)9-10-14(16)17(19)20/h4-11,15,18H,3H2,1-2H3,(H,19,20). The van der Waals surface area contributed by atoms with Gasteiger partial charge in [0.05, 0.1) is 11.6 Å². The molecule has 1 atom stereocenters. The summed E-state index contributed by atoms with van der Waals surface area (Å²) in [7, 11) is 0. The molecule has 0 aliphatic rings. The van der Waals surface area contributed by atoms with Crippen LogP contribution in [0.15, 0.2) is 48.5 Å². The molecule has 0 aliphatic carbocycles. The van der Waals surface area contributed by atoms with Crippen molar-refractivity contribution in [3.05, 3.63) is 65.2 Å². The Kier molecular flexibility index (Phi) is 4.41. The van der Waals surface area contributed by atoms with Crippen LogP contribution < -0.4 is 5.32 Å². The van der Waals surface area contributed by atoms with Crippen molar-refractivity contribution in [2.75, 3.05) is 5.32 Å². The summed E-state index contributed by atoms with van der Waals surface area (Å²) < 4.78 is 0. The number of aryl methyl sites for hydroxylation is 1. The quantitative estimate of drug-likeness (QED) is 0.852. The normalized spacial score (nSPS) is 11.9. The van der Waals surface area contributed by atoms with Crippen LogP contribution in [-0.2, 0) is 0 Å². The summed E-state index contributed by atoms with van der Waals surface area (Å²) in [5.74, 6) is -0.907. The average Bonchev–Trinajstić information content (AvgIpc) is 2.45. The Hall–Kier alpha value is -2.29. The average molecular weight is 269 g/mol. The smallest absolute Gasteiger partial charge is 0.337 e.